The van der Waals surface area contributed by atoms with Gasteiger partial charge in [-0.15, -0.1) is 0 Å². The minimum atomic E-state index is 0.283. The van der Waals surface area contributed by atoms with Crippen molar-refractivity contribution in [3.8, 4) is 33.9 Å². The molecule has 4 heterocycles. The molecule has 0 spiro atoms. The van der Waals surface area contributed by atoms with Crippen LogP contribution in [0.3, 0.4) is 0 Å². The Morgan fingerprint density at radius 3 is 2.40 bits per heavy atom. The molecule has 0 unspecified atom stereocenters. The van der Waals surface area contributed by atoms with Gasteiger partial charge in [0.05, 0.1) is 23.1 Å². The molecule has 5 aromatic rings. The van der Waals surface area contributed by atoms with Gasteiger partial charge in [0.15, 0.2) is 0 Å². The van der Waals surface area contributed by atoms with Gasteiger partial charge in [0.25, 0.3) is 0 Å². The molecule has 2 aromatic carbocycles. The molecular weight excluding hydrogens is 438 g/mol. The number of hydrogen-bond donors (Lipinski definition) is 2. The number of ether oxygens (including phenoxy) is 1. The van der Waals surface area contributed by atoms with Gasteiger partial charge in [-0.2, -0.15) is 10.2 Å². The SMILES string of the molecule is Cn1cc(-c2cnc(N)c3c(-c4ccc(Oc5ccccc5)cc4)nn(C4CCNCC4)c23)cn1. The molecule has 8 heteroatoms. The van der Waals surface area contributed by atoms with Crippen molar-refractivity contribution in [3.05, 3.63) is 73.2 Å². The maximum absolute atomic E-state index is 6.50. The summed E-state index contributed by atoms with van der Waals surface area (Å²) in [7, 11) is 1.92. The van der Waals surface area contributed by atoms with Gasteiger partial charge in [-0.05, 0) is 62.3 Å². The van der Waals surface area contributed by atoms with Crippen LogP contribution in [0.2, 0.25) is 0 Å². The predicted octanol–water partition coefficient (Wildman–Crippen LogP) is 4.80. The number of aryl methyl sites for hydroxylation is 1. The fraction of sp³-hybridized carbons (Fsp3) is 0.222. The fourth-order valence-corrected chi connectivity index (χ4v) is 4.79. The summed E-state index contributed by atoms with van der Waals surface area (Å²) in [6.07, 6.45) is 7.72. The number of nitrogens with one attached hydrogen (secondary N) is 1. The smallest absolute Gasteiger partial charge is 0.135 e. The molecule has 0 radical (unpaired) electrons. The van der Waals surface area contributed by atoms with Crippen LogP contribution in [0.1, 0.15) is 18.9 Å². The minimum Gasteiger partial charge on any atom is -0.457 e. The van der Waals surface area contributed by atoms with Gasteiger partial charge >= 0.3 is 0 Å². The van der Waals surface area contributed by atoms with E-state index in [4.69, 9.17) is 15.6 Å². The lowest BCUT2D eigenvalue weighted by Crippen LogP contribution is -2.30. The van der Waals surface area contributed by atoms with Gasteiger partial charge < -0.3 is 15.8 Å². The number of fused-ring (bicyclic) bond motifs is 1. The maximum Gasteiger partial charge on any atom is 0.135 e. The van der Waals surface area contributed by atoms with Crippen molar-refractivity contribution in [2.75, 3.05) is 18.8 Å². The molecular formula is C27H27N7O. The summed E-state index contributed by atoms with van der Waals surface area (Å²) >= 11 is 0. The maximum atomic E-state index is 6.50. The molecule has 0 saturated carbocycles. The van der Waals surface area contributed by atoms with Gasteiger partial charge in [-0.3, -0.25) is 9.36 Å². The number of nitrogens with two attached hydrogens (primary N) is 1. The Labute approximate surface area is 203 Å². The molecule has 1 saturated heterocycles. The first-order valence-corrected chi connectivity index (χ1v) is 11.9. The average Bonchev–Trinajstić information content (AvgIpc) is 3.51. The van der Waals surface area contributed by atoms with E-state index in [2.05, 4.69) is 20.1 Å². The zero-order valence-electron chi connectivity index (χ0n) is 19.6. The largest absolute Gasteiger partial charge is 0.457 e. The number of para-hydroxylation sites is 1. The molecule has 0 aliphatic carbocycles. The second-order valence-electron chi connectivity index (χ2n) is 8.90. The zero-order valence-corrected chi connectivity index (χ0v) is 19.6. The Kier molecular flexibility index (Phi) is 5.42. The molecule has 35 heavy (non-hydrogen) atoms. The zero-order chi connectivity index (χ0) is 23.8. The first-order valence-electron chi connectivity index (χ1n) is 11.9. The van der Waals surface area contributed by atoms with Crippen molar-refractivity contribution in [3.63, 3.8) is 0 Å². The van der Waals surface area contributed by atoms with Crippen molar-refractivity contribution >= 4 is 16.7 Å². The first kappa shape index (κ1) is 21.4. The summed E-state index contributed by atoms with van der Waals surface area (Å²) in [4.78, 5) is 4.56. The fourth-order valence-electron chi connectivity index (χ4n) is 4.79. The standard InChI is InChI=1S/C27H27N7O/c1-33-17-19(15-31-33)23-16-30-27(28)24-25(32-34(26(23)24)20-11-13-29-14-12-20)18-7-9-22(10-8-18)35-21-5-3-2-4-6-21/h2-10,15-17,20,29H,11-14H2,1H3,(H2,28,30). The minimum absolute atomic E-state index is 0.283. The number of piperidine rings is 1. The summed E-state index contributed by atoms with van der Waals surface area (Å²) < 4.78 is 9.95. The molecule has 0 bridgehead atoms. The Balaban J connectivity index is 1.48. The van der Waals surface area contributed by atoms with Crippen LogP contribution in [0.25, 0.3) is 33.3 Å². The van der Waals surface area contributed by atoms with Gasteiger partial charge in [-0.1, -0.05) is 18.2 Å². The van der Waals surface area contributed by atoms with Crippen LogP contribution >= 0.6 is 0 Å². The third kappa shape index (κ3) is 4.02. The third-order valence-corrected chi connectivity index (χ3v) is 6.53. The van der Waals surface area contributed by atoms with Crippen LogP contribution in [0.5, 0.6) is 11.5 Å². The number of aromatic nitrogens is 5. The van der Waals surface area contributed by atoms with E-state index in [9.17, 15) is 0 Å². The number of nitrogen functional groups attached to an aromatic ring is 1. The molecule has 176 valence electrons. The van der Waals surface area contributed by atoms with E-state index in [-0.39, 0.29) is 6.04 Å². The van der Waals surface area contributed by atoms with Gasteiger partial charge in [0, 0.05) is 36.1 Å². The normalized spacial score (nSPS) is 14.4. The highest BCUT2D eigenvalue weighted by Crippen LogP contribution is 2.40. The van der Waals surface area contributed by atoms with E-state index < -0.39 is 0 Å². The predicted molar refractivity (Wildman–Crippen MR) is 137 cm³/mol. The van der Waals surface area contributed by atoms with Crippen LogP contribution in [-0.4, -0.2) is 37.6 Å². The molecule has 1 fully saturated rings. The number of anilines is 1. The van der Waals surface area contributed by atoms with E-state index in [0.29, 0.717) is 5.82 Å². The molecule has 1 aliphatic heterocycles. The van der Waals surface area contributed by atoms with Crippen molar-refractivity contribution in [1.29, 1.82) is 0 Å². The van der Waals surface area contributed by atoms with Crippen molar-refractivity contribution in [2.45, 2.75) is 18.9 Å². The highest BCUT2D eigenvalue weighted by atomic mass is 16.5. The van der Waals surface area contributed by atoms with Gasteiger partial charge in [0.1, 0.15) is 23.0 Å². The monoisotopic (exact) mass is 465 g/mol. The second-order valence-corrected chi connectivity index (χ2v) is 8.90. The third-order valence-electron chi connectivity index (χ3n) is 6.53. The van der Waals surface area contributed by atoms with Crippen LogP contribution in [0.4, 0.5) is 5.82 Å². The number of hydrogen-bond acceptors (Lipinski definition) is 6. The van der Waals surface area contributed by atoms with Crippen LogP contribution < -0.4 is 15.8 Å². The molecule has 3 aromatic heterocycles. The Bertz CT molecular complexity index is 1470. The summed E-state index contributed by atoms with van der Waals surface area (Å²) in [5.41, 5.74) is 11.3. The molecule has 0 amide bonds. The van der Waals surface area contributed by atoms with E-state index >= 15 is 0 Å². The van der Waals surface area contributed by atoms with Crippen LogP contribution in [0, 0.1) is 0 Å². The summed E-state index contributed by atoms with van der Waals surface area (Å²) in [6, 6.07) is 18.0. The Morgan fingerprint density at radius 1 is 0.943 bits per heavy atom. The van der Waals surface area contributed by atoms with Gasteiger partial charge in [-0.25, -0.2) is 4.98 Å². The van der Waals surface area contributed by atoms with E-state index in [1.165, 1.54) is 0 Å². The van der Waals surface area contributed by atoms with Gasteiger partial charge in [0.2, 0.25) is 0 Å². The second kappa shape index (κ2) is 8.88. The number of pyridine rings is 1. The molecule has 6 rings (SSSR count). The van der Waals surface area contributed by atoms with Crippen molar-refractivity contribution in [1.82, 2.24) is 29.9 Å². The van der Waals surface area contributed by atoms with Crippen molar-refractivity contribution in [2.24, 2.45) is 7.05 Å². The Morgan fingerprint density at radius 2 is 1.69 bits per heavy atom. The quantitative estimate of drug-likeness (QED) is 0.387. The average molecular weight is 466 g/mol. The molecule has 1 aliphatic rings. The molecule has 3 N–H and O–H groups in total. The summed E-state index contributed by atoms with van der Waals surface area (Å²) in [5, 5.41) is 13.9. The molecule has 8 nitrogen and oxygen atoms in total. The highest BCUT2D eigenvalue weighted by molar-refractivity contribution is 6.06. The Hall–Kier alpha value is -4.17. The van der Waals surface area contributed by atoms with Crippen LogP contribution in [-0.2, 0) is 7.05 Å². The summed E-state index contributed by atoms with van der Waals surface area (Å²) in [6.45, 7) is 1.94. The number of benzene rings is 2. The molecule has 0 atom stereocenters. The van der Waals surface area contributed by atoms with E-state index in [0.717, 1.165) is 70.7 Å². The lowest BCUT2D eigenvalue weighted by Gasteiger charge is -2.24. The van der Waals surface area contributed by atoms with Crippen LogP contribution in [0.15, 0.2) is 73.2 Å². The number of rotatable bonds is 5. The highest BCUT2D eigenvalue weighted by Gasteiger charge is 2.25. The van der Waals surface area contributed by atoms with E-state index in [1.807, 2.05) is 80.2 Å². The lowest BCUT2D eigenvalue weighted by atomic mass is 10.0. The number of nitrogens with zero attached hydrogens (tertiary/aromatic N) is 5. The topological polar surface area (TPSA) is 95.8 Å². The van der Waals surface area contributed by atoms with E-state index in [1.54, 1.807) is 4.68 Å². The van der Waals surface area contributed by atoms with Crippen molar-refractivity contribution < 1.29 is 4.74 Å². The first-order chi connectivity index (χ1) is 17.2. The summed E-state index contributed by atoms with van der Waals surface area (Å²) in [5.74, 6) is 2.05. The lowest BCUT2D eigenvalue weighted by molar-refractivity contribution is 0.352.